The van der Waals surface area contributed by atoms with Crippen molar-refractivity contribution in [3.05, 3.63) is 24.3 Å². The third kappa shape index (κ3) is 4.11. The Morgan fingerprint density at radius 3 is 2.68 bits per heavy atom. The van der Waals surface area contributed by atoms with Crippen molar-refractivity contribution in [1.82, 2.24) is 5.32 Å². The SMILES string of the molecule is COc1ccccc1OCCNC1CCCCC1O. The fourth-order valence-corrected chi connectivity index (χ4v) is 2.49. The Hall–Kier alpha value is -1.26. The smallest absolute Gasteiger partial charge is 0.161 e. The number of benzene rings is 1. The van der Waals surface area contributed by atoms with Crippen LogP contribution in [-0.4, -0.2) is 37.5 Å². The molecule has 0 heterocycles. The molecule has 1 aliphatic carbocycles. The Morgan fingerprint density at radius 1 is 1.21 bits per heavy atom. The van der Waals surface area contributed by atoms with Crippen LogP contribution in [0.25, 0.3) is 0 Å². The first-order chi connectivity index (χ1) is 9.31. The summed E-state index contributed by atoms with van der Waals surface area (Å²) < 4.78 is 10.9. The molecule has 0 aromatic heterocycles. The summed E-state index contributed by atoms with van der Waals surface area (Å²) in [6.45, 7) is 1.31. The van der Waals surface area contributed by atoms with Crippen molar-refractivity contribution < 1.29 is 14.6 Å². The van der Waals surface area contributed by atoms with Crippen molar-refractivity contribution in [2.45, 2.75) is 37.8 Å². The number of para-hydroxylation sites is 2. The average molecular weight is 265 g/mol. The van der Waals surface area contributed by atoms with Crippen LogP contribution < -0.4 is 14.8 Å². The lowest BCUT2D eigenvalue weighted by Crippen LogP contribution is -2.43. The third-order valence-corrected chi connectivity index (χ3v) is 3.56. The standard InChI is InChI=1S/C15H23NO3/c1-18-14-8-4-5-9-15(14)19-11-10-16-12-6-2-3-7-13(12)17/h4-5,8-9,12-13,16-17H,2-3,6-7,10-11H2,1H3. The molecule has 0 bridgehead atoms. The topological polar surface area (TPSA) is 50.7 Å². The van der Waals surface area contributed by atoms with E-state index in [4.69, 9.17) is 9.47 Å². The fourth-order valence-electron chi connectivity index (χ4n) is 2.49. The first-order valence-corrected chi connectivity index (χ1v) is 6.98. The van der Waals surface area contributed by atoms with Gasteiger partial charge in [-0.3, -0.25) is 0 Å². The molecular formula is C15H23NO3. The van der Waals surface area contributed by atoms with Crippen LogP contribution in [-0.2, 0) is 0 Å². The molecule has 0 amide bonds. The molecule has 1 fully saturated rings. The summed E-state index contributed by atoms with van der Waals surface area (Å²) in [7, 11) is 1.64. The number of methoxy groups -OCH3 is 1. The van der Waals surface area contributed by atoms with Gasteiger partial charge in [0.1, 0.15) is 6.61 Å². The molecule has 2 atom stereocenters. The minimum absolute atomic E-state index is 0.208. The highest BCUT2D eigenvalue weighted by molar-refractivity contribution is 5.39. The van der Waals surface area contributed by atoms with E-state index in [0.29, 0.717) is 6.61 Å². The van der Waals surface area contributed by atoms with Crippen molar-refractivity contribution in [2.24, 2.45) is 0 Å². The van der Waals surface area contributed by atoms with Crippen LogP contribution in [0.2, 0.25) is 0 Å². The quantitative estimate of drug-likeness (QED) is 0.772. The van der Waals surface area contributed by atoms with Gasteiger partial charge in [0.15, 0.2) is 11.5 Å². The lowest BCUT2D eigenvalue weighted by Gasteiger charge is -2.28. The molecule has 1 aromatic carbocycles. The zero-order valence-electron chi connectivity index (χ0n) is 11.5. The first-order valence-electron chi connectivity index (χ1n) is 6.98. The Bertz CT molecular complexity index is 383. The number of nitrogens with one attached hydrogen (secondary N) is 1. The maximum Gasteiger partial charge on any atom is 0.161 e. The highest BCUT2D eigenvalue weighted by Crippen LogP contribution is 2.25. The van der Waals surface area contributed by atoms with Crippen molar-refractivity contribution in [3.8, 4) is 11.5 Å². The van der Waals surface area contributed by atoms with E-state index in [9.17, 15) is 5.11 Å². The van der Waals surface area contributed by atoms with Gasteiger partial charge in [0, 0.05) is 12.6 Å². The molecule has 2 unspecified atom stereocenters. The second kappa shape index (κ2) is 7.36. The second-order valence-corrected chi connectivity index (χ2v) is 4.91. The molecule has 4 nitrogen and oxygen atoms in total. The Morgan fingerprint density at radius 2 is 1.95 bits per heavy atom. The Labute approximate surface area is 114 Å². The van der Waals surface area contributed by atoms with Crippen LogP contribution in [0.15, 0.2) is 24.3 Å². The van der Waals surface area contributed by atoms with E-state index < -0.39 is 0 Å². The molecule has 106 valence electrons. The molecule has 0 saturated heterocycles. The monoisotopic (exact) mass is 265 g/mol. The lowest BCUT2D eigenvalue weighted by atomic mass is 9.93. The van der Waals surface area contributed by atoms with Gasteiger partial charge in [-0.05, 0) is 25.0 Å². The highest BCUT2D eigenvalue weighted by atomic mass is 16.5. The van der Waals surface area contributed by atoms with Crippen LogP contribution in [0, 0.1) is 0 Å². The summed E-state index contributed by atoms with van der Waals surface area (Å²) in [6.07, 6.45) is 4.08. The van der Waals surface area contributed by atoms with E-state index in [2.05, 4.69) is 5.32 Å². The van der Waals surface area contributed by atoms with E-state index in [1.807, 2.05) is 24.3 Å². The fraction of sp³-hybridized carbons (Fsp3) is 0.600. The number of hydrogen-bond acceptors (Lipinski definition) is 4. The minimum atomic E-state index is -0.208. The summed E-state index contributed by atoms with van der Waals surface area (Å²) in [5.41, 5.74) is 0. The molecule has 19 heavy (non-hydrogen) atoms. The molecule has 1 aromatic rings. The van der Waals surface area contributed by atoms with Gasteiger partial charge in [0.2, 0.25) is 0 Å². The number of aliphatic hydroxyl groups excluding tert-OH is 1. The molecule has 1 saturated carbocycles. The van der Waals surface area contributed by atoms with Crippen molar-refractivity contribution in [3.63, 3.8) is 0 Å². The van der Waals surface area contributed by atoms with Gasteiger partial charge < -0.3 is 19.9 Å². The zero-order valence-corrected chi connectivity index (χ0v) is 11.5. The molecule has 0 spiro atoms. The van der Waals surface area contributed by atoms with Crippen LogP contribution >= 0.6 is 0 Å². The predicted molar refractivity (Wildman–Crippen MR) is 74.8 cm³/mol. The van der Waals surface area contributed by atoms with Crippen LogP contribution in [0.1, 0.15) is 25.7 Å². The highest BCUT2D eigenvalue weighted by Gasteiger charge is 2.21. The number of ether oxygens (including phenoxy) is 2. The van der Waals surface area contributed by atoms with Crippen molar-refractivity contribution in [2.75, 3.05) is 20.3 Å². The summed E-state index contributed by atoms with van der Waals surface area (Å²) in [5.74, 6) is 1.51. The predicted octanol–water partition coefficient (Wildman–Crippen LogP) is 1.97. The van der Waals surface area contributed by atoms with E-state index in [1.54, 1.807) is 7.11 Å². The van der Waals surface area contributed by atoms with Gasteiger partial charge in [-0.15, -0.1) is 0 Å². The molecular weight excluding hydrogens is 242 g/mol. The van der Waals surface area contributed by atoms with E-state index in [0.717, 1.165) is 37.3 Å². The van der Waals surface area contributed by atoms with Crippen LogP contribution in [0.4, 0.5) is 0 Å². The normalized spacial score (nSPS) is 23.1. The summed E-state index contributed by atoms with van der Waals surface area (Å²) in [4.78, 5) is 0. The first kappa shape index (κ1) is 14.2. The number of rotatable bonds is 6. The number of hydrogen-bond donors (Lipinski definition) is 2. The molecule has 0 radical (unpaired) electrons. The number of aliphatic hydroxyl groups is 1. The zero-order chi connectivity index (χ0) is 13.5. The molecule has 4 heteroatoms. The van der Waals surface area contributed by atoms with E-state index in [1.165, 1.54) is 6.42 Å². The molecule has 2 rings (SSSR count). The Balaban J connectivity index is 1.71. The maximum atomic E-state index is 9.84. The van der Waals surface area contributed by atoms with Gasteiger partial charge in [0.05, 0.1) is 13.2 Å². The van der Waals surface area contributed by atoms with Crippen molar-refractivity contribution in [1.29, 1.82) is 0 Å². The summed E-state index contributed by atoms with van der Waals surface area (Å²) >= 11 is 0. The molecule has 1 aliphatic rings. The van der Waals surface area contributed by atoms with Gasteiger partial charge in [-0.2, -0.15) is 0 Å². The largest absolute Gasteiger partial charge is 0.493 e. The van der Waals surface area contributed by atoms with Gasteiger partial charge in [0.25, 0.3) is 0 Å². The average Bonchev–Trinajstić information content (AvgIpc) is 2.45. The van der Waals surface area contributed by atoms with Gasteiger partial charge >= 0.3 is 0 Å². The van der Waals surface area contributed by atoms with Crippen LogP contribution in [0.5, 0.6) is 11.5 Å². The lowest BCUT2D eigenvalue weighted by molar-refractivity contribution is 0.0889. The third-order valence-electron chi connectivity index (χ3n) is 3.56. The second-order valence-electron chi connectivity index (χ2n) is 4.91. The molecule has 2 N–H and O–H groups in total. The van der Waals surface area contributed by atoms with Gasteiger partial charge in [-0.1, -0.05) is 25.0 Å². The summed E-state index contributed by atoms with van der Waals surface area (Å²) in [6, 6.07) is 7.84. The summed E-state index contributed by atoms with van der Waals surface area (Å²) in [5, 5.41) is 13.2. The molecule has 0 aliphatic heterocycles. The Kier molecular flexibility index (Phi) is 5.48. The van der Waals surface area contributed by atoms with Crippen LogP contribution in [0.3, 0.4) is 0 Å². The van der Waals surface area contributed by atoms with E-state index >= 15 is 0 Å². The van der Waals surface area contributed by atoms with E-state index in [-0.39, 0.29) is 12.1 Å². The minimum Gasteiger partial charge on any atom is -0.493 e. The maximum absolute atomic E-state index is 9.84. The van der Waals surface area contributed by atoms with Crippen molar-refractivity contribution >= 4 is 0 Å². The van der Waals surface area contributed by atoms with Gasteiger partial charge in [-0.25, -0.2) is 0 Å².